The smallest absolute Gasteiger partial charge is 0.191 e. The molecule has 0 amide bonds. The van der Waals surface area contributed by atoms with Gasteiger partial charge in [0.1, 0.15) is 0 Å². The fraction of sp³-hybridized carbons (Fsp3) is 0.550. The fourth-order valence-electron chi connectivity index (χ4n) is 3.77. The maximum absolute atomic E-state index is 4.37. The molecule has 1 aromatic rings. The van der Waals surface area contributed by atoms with Gasteiger partial charge in [0.2, 0.25) is 0 Å². The normalized spacial score (nSPS) is 25.3. The third kappa shape index (κ3) is 4.60. The van der Waals surface area contributed by atoms with Crippen molar-refractivity contribution < 1.29 is 0 Å². The molecule has 24 heavy (non-hydrogen) atoms. The van der Waals surface area contributed by atoms with Gasteiger partial charge in [-0.05, 0) is 37.7 Å². The summed E-state index contributed by atoms with van der Waals surface area (Å²) in [5.41, 5.74) is 1.41. The Labute approximate surface area is 146 Å². The van der Waals surface area contributed by atoms with E-state index in [1.807, 2.05) is 7.05 Å². The molecule has 1 aliphatic carbocycles. The summed E-state index contributed by atoms with van der Waals surface area (Å²) in [6, 6.07) is 11.9. The average Bonchev–Trinajstić information content (AvgIpc) is 3.23. The minimum Gasteiger partial charge on any atom is -0.356 e. The van der Waals surface area contributed by atoms with E-state index in [1.165, 1.54) is 12.0 Å². The van der Waals surface area contributed by atoms with E-state index in [0.29, 0.717) is 18.0 Å². The molecule has 4 heteroatoms. The van der Waals surface area contributed by atoms with Gasteiger partial charge in [-0.2, -0.15) is 0 Å². The first-order valence-electron chi connectivity index (χ1n) is 9.14. The van der Waals surface area contributed by atoms with Crippen molar-refractivity contribution in [2.24, 2.45) is 10.9 Å². The van der Waals surface area contributed by atoms with Crippen LogP contribution in [0.15, 0.2) is 47.5 Å². The molecule has 0 bridgehead atoms. The van der Waals surface area contributed by atoms with E-state index in [1.54, 1.807) is 0 Å². The van der Waals surface area contributed by atoms with Crippen LogP contribution in [0.2, 0.25) is 0 Å². The molecule has 0 radical (unpaired) electrons. The Morgan fingerprint density at radius 2 is 1.96 bits per heavy atom. The Morgan fingerprint density at radius 3 is 2.67 bits per heavy atom. The van der Waals surface area contributed by atoms with Gasteiger partial charge in [0.15, 0.2) is 5.96 Å². The minimum atomic E-state index is 0.508. The number of hydrogen-bond donors (Lipinski definition) is 2. The van der Waals surface area contributed by atoms with Crippen LogP contribution < -0.4 is 10.6 Å². The molecule has 130 valence electrons. The highest BCUT2D eigenvalue weighted by Gasteiger charge is 2.29. The van der Waals surface area contributed by atoms with E-state index in [2.05, 4.69) is 69.9 Å². The Balaban J connectivity index is 1.44. The SMILES string of the molecule is CN=C(NCC1CC(C)N(Cc2ccccc2)C1)NC1CC=CC1. The second-order valence-corrected chi connectivity index (χ2v) is 7.10. The van der Waals surface area contributed by atoms with Gasteiger partial charge in [0.25, 0.3) is 0 Å². The fourth-order valence-corrected chi connectivity index (χ4v) is 3.77. The van der Waals surface area contributed by atoms with Gasteiger partial charge in [-0.1, -0.05) is 42.5 Å². The van der Waals surface area contributed by atoms with E-state index in [9.17, 15) is 0 Å². The maximum atomic E-state index is 4.37. The molecule has 2 atom stereocenters. The molecule has 2 unspecified atom stereocenters. The number of guanidine groups is 1. The summed E-state index contributed by atoms with van der Waals surface area (Å²) in [6.45, 7) is 5.56. The predicted octanol–water partition coefficient (Wildman–Crippen LogP) is 2.78. The largest absolute Gasteiger partial charge is 0.356 e. The van der Waals surface area contributed by atoms with Crippen LogP contribution >= 0.6 is 0 Å². The van der Waals surface area contributed by atoms with Crippen LogP contribution in [0.5, 0.6) is 0 Å². The minimum absolute atomic E-state index is 0.508. The van der Waals surface area contributed by atoms with Gasteiger partial charge < -0.3 is 10.6 Å². The molecule has 3 rings (SSSR count). The third-order valence-corrected chi connectivity index (χ3v) is 5.15. The molecule has 1 saturated heterocycles. The highest BCUT2D eigenvalue weighted by Crippen LogP contribution is 2.24. The molecule has 0 spiro atoms. The summed E-state index contributed by atoms with van der Waals surface area (Å²) in [6.07, 6.45) is 7.94. The summed E-state index contributed by atoms with van der Waals surface area (Å²) in [7, 11) is 1.86. The summed E-state index contributed by atoms with van der Waals surface area (Å²) >= 11 is 0. The van der Waals surface area contributed by atoms with E-state index in [-0.39, 0.29) is 0 Å². The second-order valence-electron chi connectivity index (χ2n) is 7.10. The zero-order valence-electron chi connectivity index (χ0n) is 14.9. The topological polar surface area (TPSA) is 39.7 Å². The van der Waals surface area contributed by atoms with Crippen molar-refractivity contribution in [3.05, 3.63) is 48.0 Å². The molecule has 2 N–H and O–H groups in total. The summed E-state index contributed by atoms with van der Waals surface area (Å²) in [4.78, 5) is 6.97. The second kappa shape index (κ2) is 8.34. The summed E-state index contributed by atoms with van der Waals surface area (Å²) in [5.74, 6) is 1.63. The molecular weight excluding hydrogens is 296 g/mol. The molecule has 2 aliphatic rings. The van der Waals surface area contributed by atoms with Gasteiger partial charge >= 0.3 is 0 Å². The zero-order chi connectivity index (χ0) is 16.8. The lowest BCUT2D eigenvalue weighted by Crippen LogP contribution is -2.44. The van der Waals surface area contributed by atoms with Crippen LogP contribution in [0.1, 0.15) is 31.7 Å². The third-order valence-electron chi connectivity index (χ3n) is 5.15. The van der Waals surface area contributed by atoms with Gasteiger partial charge in [-0.15, -0.1) is 0 Å². The number of aliphatic imine (C=N–C) groups is 1. The molecular formula is C20H30N4. The quantitative estimate of drug-likeness (QED) is 0.496. The van der Waals surface area contributed by atoms with Crippen LogP contribution in [0, 0.1) is 5.92 Å². The van der Waals surface area contributed by atoms with Crippen LogP contribution in [0.4, 0.5) is 0 Å². The molecule has 1 fully saturated rings. The van der Waals surface area contributed by atoms with E-state index < -0.39 is 0 Å². The standard InChI is InChI=1S/C20H30N4/c1-16-12-18(15-24(16)14-17-8-4-3-5-9-17)13-22-20(21-2)23-19-10-6-7-11-19/h3-9,16,18-19H,10-15H2,1-2H3,(H2,21,22,23). The van der Waals surface area contributed by atoms with Crippen LogP contribution in [0.25, 0.3) is 0 Å². The first kappa shape index (κ1) is 17.0. The van der Waals surface area contributed by atoms with Crippen LogP contribution in [-0.2, 0) is 6.54 Å². The average molecular weight is 326 g/mol. The van der Waals surface area contributed by atoms with Gasteiger partial charge in [0.05, 0.1) is 0 Å². The molecule has 0 saturated carbocycles. The first-order chi connectivity index (χ1) is 11.7. The Bertz CT molecular complexity index is 558. The monoisotopic (exact) mass is 326 g/mol. The van der Waals surface area contributed by atoms with E-state index >= 15 is 0 Å². The molecule has 1 heterocycles. The highest BCUT2D eigenvalue weighted by molar-refractivity contribution is 5.80. The molecule has 1 aromatic carbocycles. The highest BCUT2D eigenvalue weighted by atomic mass is 15.2. The molecule has 4 nitrogen and oxygen atoms in total. The Morgan fingerprint density at radius 1 is 1.21 bits per heavy atom. The first-order valence-corrected chi connectivity index (χ1v) is 9.14. The van der Waals surface area contributed by atoms with Crippen molar-refractivity contribution in [2.45, 2.75) is 44.8 Å². The lowest BCUT2D eigenvalue weighted by Gasteiger charge is -2.21. The lowest BCUT2D eigenvalue weighted by atomic mass is 10.1. The molecule has 1 aliphatic heterocycles. The Hall–Kier alpha value is -1.81. The summed E-state index contributed by atoms with van der Waals surface area (Å²) < 4.78 is 0. The van der Waals surface area contributed by atoms with Gasteiger partial charge in [-0.25, -0.2) is 0 Å². The van der Waals surface area contributed by atoms with E-state index in [4.69, 9.17) is 0 Å². The van der Waals surface area contributed by atoms with Gasteiger partial charge in [0, 0.05) is 38.8 Å². The van der Waals surface area contributed by atoms with Crippen molar-refractivity contribution in [1.82, 2.24) is 15.5 Å². The number of hydrogen-bond acceptors (Lipinski definition) is 2. The lowest BCUT2D eigenvalue weighted by molar-refractivity contribution is 0.255. The number of nitrogens with zero attached hydrogens (tertiary/aromatic N) is 2. The van der Waals surface area contributed by atoms with Crippen molar-refractivity contribution in [2.75, 3.05) is 20.1 Å². The van der Waals surface area contributed by atoms with Crippen molar-refractivity contribution in [3.8, 4) is 0 Å². The zero-order valence-corrected chi connectivity index (χ0v) is 14.9. The van der Waals surface area contributed by atoms with Gasteiger partial charge in [-0.3, -0.25) is 9.89 Å². The maximum Gasteiger partial charge on any atom is 0.191 e. The number of benzene rings is 1. The van der Waals surface area contributed by atoms with Crippen LogP contribution in [-0.4, -0.2) is 43.1 Å². The van der Waals surface area contributed by atoms with Crippen molar-refractivity contribution in [3.63, 3.8) is 0 Å². The van der Waals surface area contributed by atoms with Crippen molar-refractivity contribution in [1.29, 1.82) is 0 Å². The number of likely N-dealkylation sites (tertiary alicyclic amines) is 1. The Kier molecular flexibility index (Phi) is 5.91. The number of nitrogens with one attached hydrogen (secondary N) is 2. The number of rotatable bonds is 5. The van der Waals surface area contributed by atoms with Crippen LogP contribution in [0.3, 0.4) is 0 Å². The van der Waals surface area contributed by atoms with Crippen molar-refractivity contribution >= 4 is 5.96 Å². The predicted molar refractivity (Wildman–Crippen MR) is 101 cm³/mol. The molecule has 0 aromatic heterocycles. The summed E-state index contributed by atoms with van der Waals surface area (Å²) in [5, 5.41) is 7.04. The van der Waals surface area contributed by atoms with E-state index in [0.717, 1.165) is 38.4 Å².